The molecule has 19 nitrogen and oxygen atoms in total. The largest absolute Gasteiger partial charge is 0.493 e. The lowest BCUT2D eigenvalue weighted by Gasteiger charge is -2.13. The van der Waals surface area contributed by atoms with Crippen molar-refractivity contribution in [3.8, 4) is 17.2 Å². The summed E-state index contributed by atoms with van der Waals surface area (Å²) in [5, 5.41) is 22.2. The zero-order valence-corrected chi connectivity index (χ0v) is 40.7. The first-order valence-corrected chi connectivity index (χ1v) is 23.5. The van der Waals surface area contributed by atoms with Crippen LogP contribution in [0.25, 0.3) is 12.2 Å². The van der Waals surface area contributed by atoms with Crippen molar-refractivity contribution in [2.45, 2.75) is 89.9 Å². The van der Waals surface area contributed by atoms with Crippen LogP contribution >= 0.6 is 0 Å². The number of non-ortho nitro benzene ring substituents is 2. The number of rotatable bonds is 32. The van der Waals surface area contributed by atoms with Gasteiger partial charge in [-0.2, -0.15) is 4.89 Å². The first-order valence-electron chi connectivity index (χ1n) is 23.5. The summed E-state index contributed by atoms with van der Waals surface area (Å²) >= 11 is 0. The zero-order chi connectivity index (χ0) is 52.1. The minimum atomic E-state index is -0.857. The zero-order valence-electron chi connectivity index (χ0n) is 40.7. The van der Waals surface area contributed by atoms with Gasteiger partial charge in [0.25, 0.3) is 11.4 Å². The highest BCUT2D eigenvalue weighted by Gasteiger charge is 2.21. The third-order valence-corrected chi connectivity index (χ3v) is 11.0. The lowest BCUT2D eigenvalue weighted by molar-refractivity contribution is -0.394. The molecule has 0 aromatic heterocycles. The number of aryl methyl sites for hydroxylation is 1. The Morgan fingerprint density at radius 1 is 0.514 bits per heavy atom. The van der Waals surface area contributed by atoms with Gasteiger partial charge in [0, 0.05) is 24.3 Å². The molecule has 0 aliphatic rings. The smallest absolute Gasteiger partial charge is 0.343 e. The summed E-state index contributed by atoms with van der Waals surface area (Å²) in [7, 11) is 4.08. The van der Waals surface area contributed by atoms with Crippen LogP contribution in [-0.2, 0) is 39.8 Å². The van der Waals surface area contributed by atoms with Crippen LogP contribution in [0.2, 0.25) is 0 Å². The maximum absolute atomic E-state index is 13.5. The molecule has 0 bridgehead atoms. The number of nitrogens with zero attached hydrogens (tertiary/aromatic N) is 2. The molecule has 4 rings (SSSR count). The number of carbonyl (C=O) groups excluding carboxylic acids is 5. The van der Waals surface area contributed by atoms with Crippen molar-refractivity contribution in [1.29, 1.82) is 0 Å². The van der Waals surface area contributed by atoms with Crippen LogP contribution in [0.5, 0.6) is 17.2 Å². The summed E-state index contributed by atoms with van der Waals surface area (Å²) < 4.78 is 31.2. The fraction of sp³-hybridized carbons (Fsp3) is 0.377. The Hall–Kier alpha value is -7.93. The van der Waals surface area contributed by atoms with Crippen molar-refractivity contribution < 1.29 is 72.0 Å². The van der Waals surface area contributed by atoms with Gasteiger partial charge in [0.1, 0.15) is 5.75 Å². The number of hydrogen-bond acceptors (Lipinski definition) is 17. The van der Waals surface area contributed by atoms with Gasteiger partial charge in [-0.15, -0.1) is 0 Å². The van der Waals surface area contributed by atoms with E-state index in [2.05, 4.69) is 9.47 Å². The maximum atomic E-state index is 13.5. The van der Waals surface area contributed by atoms with Gasteiger partial charge in [-0.05, 0) is 97.3 Å². The topological polar surface area (TPSA) is 245 Å². The third-order valence-electron chi connectivity index (χ3n) is 11.0. The number of hydrogen-bond donors (Lipinski definition) is 0. The predicted molar refractivity (Wildman–Crippen MR) is 264 cm³/mol. The van der Waals surface area contributed by atoms with Crippen molar-refractivity contribution >= 4 is 53.4 Å². The monoisotopic (exact) mass is 996 g/mol. The first-order chi connectivity index (χ1) is 34.8. The predicted octanol–water partition coefficient (Wildman–Crippen LogP) is 10.7. The third kappa shape index (κ3) is 20.2. The number of unbranched alkanes of at least 4 members (excludes halogenated alkanes) is 11. The van der Waals surface area contributed by atoms with Crippen LogP contribution < -0.4 is 14.4 Å². The summed E-state index contributed by atoms with van der Waals surface area (Å²) in [6.07, 6.45) is 17.1. The average molecular weight is 997 g/mol. The lowest BCUT2D eigenvalue weighted by atomic mass is 10.0. The molecule has 4 aromatic rings. The molecule has 0 saturated heterocycles. The van der Waals surface area contributed by atoms with E-state index in [1.54, 1.807) is 66.7 Å². The molecule has 0 unspecified atom stereocenters. The second-order valence-electron chi connectivity index (χ2n) is 16.2. The van der Waals surface area contributed by atoms with E-state index in [-0.39, 0.29) is 30.1 Å². The van der Waals surface area contributed by atoms with Gasteiger partial charge in [0.05, 0.1) is 73.8 Å². The summed E-state index contributed by atoms with van der Waals surface area (Å²) in [5.74, 6) is -1.99. The molecule has 384 valence electrons. The maximum Gasteiger partial charge on any atom is 0.343 e. The molecule has 4 aromatic carbocycles. The molecule has 19 heteroatoms. The summed E-state index contributed by atoms with van der Waals surface area (Å²) in [5.41, 5.74) is 1.35. The van der Waals surface area contributed by atoms with E-state index in [0.29, 0.717) is 60.5 Å². The van der Waals surface area contributed by atoms with Crippen molar-refractivity contribution in [1.82, 2.24) is 0 Å². The fourth-order valence-electron chi connectivity index (χ4n) is 7.04. The molecule has 0 N–H and O–H groups in total. The molecule has 0 spiro atoms. The van der Waals surface area contributed by atoms with Gasteiger partial charge in [-0.3, -0.25) is 20.2 Å². The molecule has 0 fully saturated rings. The molecule has 0 heterocycles. The molecule has 0 amide bonds. The second kappa shape index (κ2) is 31.3. The van der Waals surface area contributed by atoms with Crippen LogP contribution in [0.15, 0.2) is 91.0 Å². The molecule has 0 aliphatic carbocycles. The molecular weight excluding hydrogens is 937 g/mol. The van der Waals surface area contributed by atoms with E-state index in [9.17, 15) is 44.2 Å². The minimum absolute atomic E-state index is 0.0862. The molecular formula is C53H60N2O17. The van der Waals surface area contributed by atoms with Crippen molar-refractivity contribution in [2.75, 3.05) is 41.2 Å². The highest BCUT2D eigenvalue weighted by atomic mass is 17.2. The number of nitro benzene ring substituents is 2. The Balaban J connectivity index is 1.19. The quantitative estimate of drug-likeness (QED) is 0.00645. The Morgan fingerprint density at radius 3 is 1.61 bits per heavy atom. The lowest BCUT2D eigenvalue weighted by Crippen LogP contribution is -2.12. The van der Waals surface area contributed by atoms with Gasteiger partial charge >= 0.3 is 29.8 Å². The molecule has 0 aliphatic heterocycles. The van der Waals surface area contributed by atoms with Crippen molar-refractivity contribution in [3.05, 3.63) is 145 Å². The number of carbonyl (C=O) groups is 5. The minimum Gasteiger partial charge on any atom is -0.493 e. The molecule has 0 atom stereocenters. The Morgan fingerprint density at radius 2 is 1.04 bits per heavy atom. The van der Waals surface area contributed by atoms with Crippen LogP contribution in [0.1, 0.15) is 131 Å². The van der Waals surface area contributed by atoms with Gasteiger partial charge in [-0.25, -0.2) is 24.0 Å². The van der Waals surface area contributed by atoms with Crippen LogP contribution in [0, 0.1) is 20.2 Å². The number of benzene rings is 4. The Bertz CT molecular complexity index is 2490. The Labute approximate surface area is 417 Å². The molecule has 0 radical (unpaired) electrons. The van der Waals surface area contributed by atoms with Crippen molar-refractivity contribution in [2.24, 2.45) is 0 Å². The Kier molecular flexibility index (Phi) is 24.7. The van der Waals surface area contributed by atoms with Crippen molar-refractivity contribution in [3.63, 3.8) is 0 Å². The summed E-state index contributed by atoms with van der Waals surface area (Å²) in [6, 6.07) is 19.2. The number of esters is 5. The van der Waals surface area contributed by atoms with E-state index in [4.69, 9.17) is 28.7 Å². The van der Waals surface area contributed by atoms with E-state index in [1.807, 2.05) is 0 Å². The second-order valence-corrected chi connectivity index (χ2v) is 16.2. The summed E-state index contributed by atoms with van der Waals surface area (Å²) in [6.45, 7) is 0.627. The van der Waals surface area contributed by atoms with Crippen LogP contribution in [0.3, 0.4) is 0 Å². The van der Waals surface area contributed by atoms with Gasteiger partial charge in [-0.1, -0.05) is 82.1 Å². The SMILES string of the molecule is COC(=O)C=Cc1ccc(C(=O)Oc2ccc(CCCCCCOOc3ccc(C=CC(=O)OC)cc3OC)c(C(=O)OCCCCCCCCCCCOC(=O)c3cc([N+](=O)[O-])cc([N+](=O)[O-])c3)c2)cc1. The highest BCUT2D eigenvalue weighted by Crippen LogP contribution is 2.29. The number of ether oxygens (including phenoxy) is 6. The molecule has 72 heavy (non-hydrogen) atoms. The van der Waals surface area contributed by atoms with Crippen LogP contribution in [0.4, 0.5) is 11.4 Å². The van der Waals surface area contributed by atoms with Gasteiger partial charge in [0.2, 0.25) is 5.75 Å². The summed E-state index contributed by atoms with van der Waals surface area (Å²) in [4.78, 5) is 93.4. The van der Waals surface area contributed by atoms with E-state index in [0.717, 1.165) is 88.0 Å². The number of methoxy groups -OCH3 is 3. The van der Waals surface area contributed by atoms with Crippen LogP contribution in [-0.4, -0.2) is 80.8 Å². The average Bonchev–Trinajstić information content (AvgIpc) is 3.39. The first kappa shape index (κ1) is 56.7. The standard InChI is InChI=1S/C53H60N2O17/c1-65-48-33-39(22-29-50(57)67-3)20-27-47(48)72-70-32-16-12-9-13-17-40-25-26-45(71-52(59)41-23-18-38(19-24-41)21-28-49(56)66-2)37-46(40)53(60)69-31-15-11-8-6-4-5-7-10-14-30-68-51(58)42-34-43(54(61)62)36-44(35-42)55(63)64/h18-29,33-37H,4-17,30-32H2,1-3H3. The fourth-order valence-corrected chi connectivity index (χ4v) is 7.04. The van der Waals surface area contributed by atoms with E-state index < -0.39 is 51.1 Å². The normalized spacial score (nSPS) is 11.0. The van der Waals surface area contributed by atoms with Gasteiger partial charge < -0.3 is 33.3 Å². The van der Waals surface area contributed by atoms with E-state index in [1.165, 1.54) is 39.5 Å². The van der Waals surface area contributed by atoms with Gasteiger partial charge in [0.15, 0.2) is 5.75 Å². The number of nitro groups is 2. The van der Waals surface area contributed by atoms with E-state index >= 15 is 0 Å². The highest BCUT2D eigenvalue weighted by molar-refractivity contribution is 5.94. The molecule has 0 saturated carbocycles.